The van der Waals surface area contributed by atoms with Gasteiger partial charge in [-0.25, -0.2) is 0 Å². The van der Waals surface area contributed by atoms with Gasteiger partial charge in [0.05, 0.1) is 13.2 Å². The number of amides is 1. The second-order valence-electron chi connectivity index (χ2n) is 4.87. The summed E-state index contributed by atoms with van der Waals surface area (Å²) in [6.07, 6.45) is 1.81. The lowest BCUT2D eigenvalue weighted by molar-refractivity contribution is -0.121. The summed E-state index contributed by atoms with van der Waals surface area (Å²) in [5.41, 5.74) is 0. The number of hydrogen-bond acceptors (Lipinski definition) is 4. The molecule has 2 aliphatic rings. The number of nitrogens with zero attached hydrogens (tertiary/aromatic N) is 1. The van der Waals surface area contributed by atoms with Crippen molar-refractivity contribution in [2.75, 3.05) is 52.5 Å². The Hall–Kier alpha value is -0.0700. The molecule has 2 saturated heterocycles. The van der Waals surface area contributed by atoms with Crippen LogP contribution < -0.4 is 10.6 Å². The largest absolute Gasteiger partial charge is 0.379 e. The number of carbonyl (C=O) groups excluding carboxylic acids is 1. The summed E-state index contributed by atoms with van der Waals surface area (Å²) >= 11 is 0. The molecule has 2 heterocycles. The highest BCUT2D eigenvalue weighted by molar-refractivity contribution is 5.85. The second-order valence-corrected chi connectivity index (χ2v) is 4.87. The topological polar surface area (TPSA) is 53.6 Å². The Bertz CT molecular complexity index is 245. The van der Waals surface area contributed by atoms with E-state index in [1.165, 1.54) is 0 Å². The smallest absolute Gasteiger partial charge is 0.220 e. The molecule has 19 heavy (non-hydrogen) atoms. The van der Waals surface area contributed by atoms with Crippen LogP contribution in [-0.2, 0) is 9.53 Å². The molecule has 0 spiro atoms. The van der Waals surface area contributed by atoms with Gasteiger partial charge >= 0.3 is 0 Å². The zero-order valence-corrected chi connectivity index (χ0v) is 12.9. The molecular formula is C12H25Cl2N3O2. The van der Waals surface area contributed by atoms with Crippen LogP contribution in [0.5, 0.6) is 0 Å². The van der Waals surface area contributed by atoms with E-state index in [0.717, 1.165) is 58.9 Å². The third-order valence-electron chi connectivity index (χ3n) is 3.49. The molecule has 1 unspecified atom stereocenters. The molecule has 114 valence electrons. The minimum atomic E-state index is 0. The lowest BCUT2D eigenvalue weighted by Crippen LogP contribution is -2.41. The van der Waals surface area contributed by atoms with E-state index in [-0.39, 0.29) is 30.7 Å². The predicted octanol–water partition coefficient (Wildman–Crippen LogP) is 0.278. The van der Waals surface area contributed by atoms with Crippen LogP contribution >= 0.6 is 24.8 Å². The number of nitrogens with one attached hydrogen (secondary N) is 2. The van der Waals surface area contributed by atoms with Crippen molar-refractivity contribution >= 4 is 30.7 Å². The van der Waals surface area contributed by atoms with E-state index in [9.17, 15) is 4.79 Å². The van der Waals surface area contributed by atoms with Crippen LogP contribution in [0.1, 0.15) is 12.8 Å². The van der Waals surface area contributed by atoms with Gasteiger partial charge in [0.15, 0.2) is 0 Å². The van der Waals surface area contributed by atoms with Gasteiger partial charge in [-0.3, -0.25) is 9.69 Å². The lowest BCUT2D eigenvalue weighted by Gasteiger charge is -2.26. The number of morpholine rings is 1. The molecule has 0 bridgehead atoms. The molecule has 2 N–H and O–H groups in total. The Balaban J connectivity index is 0.00000162. The van der Waals surface area contributed by atoms with Crippen LogP contribution in [0.25, 0.3) is 0 Å². The zero-order chi connectivity index (χ0) is 11.9. The van der Waals surface area contributed by atoms with E-state index in [2.05, 4.69) is 15.5 Å². The van der Waals surface area contributed by atoms with Gasteiger partial charge in [-0.15, -0.1) is 24.8 Å². The molecule has 0 aromatic heterocycles. The lowest BCUT2D eigenvalue weighted by atomic mass is 10.0. The number of carbonyl (C=O) groups is 1. The van der Waals surface area contributed by atoms with Crippen LogP contribution in [0.3, 0.4) is 0 Å². The maximum Gasteiger partial charge on any atom is 0.220 e. The Morgan fingerprint density at radius 1 is 1.32 bits per heavy atom. The highest BCUT2D eigenvalue weighted by Crippen LogP contribution is 2.11. The molecule has 2 aliphatic heterocycles. The van der Waals surface area contributed by atoms with Crippen LogP contribution in [0.15, 0.2) is 0 Å². The average Bonchev–Trinajstić information content (AvgIpc) is 2.83. The van der Waals surface area contributed by atoms with Gasteiger partial charge in [0.1, 0.15) is 0 Å². The van der Waals surface area contributed by atoms with E-state index < -0.39 is 0 Å². The van der Waals surface area contributed by atoms with Crippen LogP contribution in [0.4, 0.5) is 0 Å². The fraction of sp³-hybridized carbons (Fsp3) is 0.917. The minimum Gasteiger partial charge on any atom is -0.379 e. The first-order valence-corrected chi connectivity index (χ1v) is 6.62. The van der Waals surface area contributed by atoms with E-state index >= 15 is 0 Å². The number of ether oxygens (including phenoxy) is 1. The maximum absolute atomic E-state index is 11.7. The van der Waals surface area contributed by atoms with Gasteiger partial charge in [-0.1, -0.05) is 0 Å². The number of halogens is 2. The third-order valence-corrected chi connectivity index (χ3v) is 3.49. The van der Waals surface area contributed by atoms with Crippen molar-refractivity contribution in [2.24, 2.45) is 5.92 Å². The van der Waals surface area contributed by atoms with Crippen molar-refractivity contribution in [3.05, 3.63) is 0 Å². The first-order valence-electron chi connectivity index (χ1n) is 6.62. The summed E-state index contributed by atoms with van der Waals surface area (Å²) in [6, 6.07) is 0. The van der Waals surface area contributed by atoms with Crippen LogP contribution in [0, 0.1) is 5.92 Å². The summed E-state index contributed by atoms with van der Waals surface area (Å²) < 4.78 is 5.28. The highest BCUT2D eigenvalue weighted by atomic mass is 35.5. The molecule has 0 aliphatic carbocycles. The number of rotatable bonds is 5. The molecule has 2 rings (SSSR count). The molecule has 0 aromatic rings. The van der Waals surface area contributed by atoms with Gasteiger partial charge in [0.2, 0.25) is 5.91 Å². The molecule has 7 heteroatoms. The first kappa shape index (κ1) is 18.9. The Kier molecular flexibility index (Phi) is 10.6. The van der Waals surface area contributed by atoms with Gasteiger partial charge in [-0.2, -0.15) is 0 Å². The Morgan fingerprint density at radius 2 is 2.05 bits per heavy atom. The summed E-state index contributed by atoms with van der Waals surface area (Å²) in [7, 11) is 0. The SMILES string of the molecule is Cl.Cl.O=C(CC1CCNC1)NCCN1CCOCC1. The molecule has 0 aromatic carbocycles. The van der Waals surface area contributed by atoms with Gasteiger partial charge < -0.3 is 15.4 Å². The molecule has 5 nitrogen and oxygen atoms in total. The van der Waals surface area contributed by atoms with E-state index in [1.54, 1.807) is 0 Å². The maximum atomic E-state index is 11.7. The second kappa shape index (κ2) is 10.7. The summed E-state index contributed by atoms with van der Waals surface area (Å²) in [5, 5.41) is 6.29. The van der Waals surface area contributed by atoms with Crippen molar-refractivity contribution in [1.82, 2.24) is 15.5 Å². The Labute approximate surface area is 127 Å². The molecular weight excluding hydrogens is 289 g/mol. The normalized spacial score (nSPS) is 23.3. The molecule has 1 atom stereocenters. The molecule has 2 fully saturated rings. The van der Waals surface area contributed by atoms with Crippen molar-refractivity contribution < 1.29 is 9.53 Å². The number of hydrogen-bond donors (Lipinski definition) is 2. The van der Waals surface area contributed by atoms with Crippen molar-refractivity contribution in [3.8, 4) is 0 Å². The minimum absolute atomic E-state index is 0. The van der Waals surface area contributed by atoms with Crippen LogP contribution in [0.2, 0.25) is 0 Å². The quantitative estimate of drug-likeness (QED) is 0.765. The monoisotopic (exact) mass is 313 g/mol. The van der Waals surface area contributed by atoms with Crippen molar-refractivity contribution in [1.29, 1.82) is 0 Å². The molecule has 0 radical (unpaired) electrons. The highest BCUT2D eigenvalue weighted by Gasteiger charge is 2.18. The van der Waals surface area contributed by atoms with Gasteiger partial charge in [0, 0.05) is 32.6 Å². The fourth-order valence-corrected chi connectivity index (χ4v) is 2.40. The standard InChI is InChI=1S/C12H23N3O2.2ClH/c16-12(9-11-1-2-13-10-11)14-3-4-15-5-7-17-8-6-15;;/h11,13H,1-10H2,(H,14,16);2*1H. The third kappa shape index (κ3) is 7.32. The van der Waals surface area contributed by atoms with Crippen molar-refractivity contribution in [3.63, 3.8) is 0 Å². The van der Waals surface area contributed by atoms with Gasteiger partial charge in [0.25, 0.3) is 0 Å². The van der Waals surface area contributed by atoms with E-state index in [4.69, 9.17) is 4.74 Å². The average molecular weight is 314 g/mol. The Morgan fingerprint density at radius 3 is 2.68 bits per heavy atom. The molecule has 0 saturated carbocycles. The fourth-order valence-electron chi connectivity index (χ4n) is 2.40. The predicted molar refractivity (Wildman–Crippen MR) is 80.4 cm³/mol. The van der Waals surface area contributed by atoms with Crippen LogP contribution in [-0.4, -0.2) is 63.3 Å². The van der Waals surface area contributed by atoms with Crippen molar-refractivity contribution in [2.45, 2.75) is 12.8 Å². The summed E-state index contributed by atoms with van der Waals surface area (Å²) in [6.45, 7) is 7.38. The first-order chi connectivity index (χ1) is 8.34. The van der Waals surface area contributed by atoms with E-state index in [1.807, 2.05) is 0 Å². The van der Waals surface area contributed by atoms with E-state index in [0.29, 0.717) is 12.3 Å². The van der Waals surface area contributed by atoms with Gasteiger partial charge in [-0.05, 0) is 25.4 Å². The summed E-state index contributed by atoms with van der Waals surface area (Å²) in [5.74, 6) is 0.741. The zero-order valence-electron chi connectivity index (χ0n) is 11.2. The summed E-state index contributed by atoms with van der Waals surface area (Å²) in [4.78, 5) is 14.0. The molecule has 1 amide bonds.